The lowest BCUT2D eigenvalue weighted by atomic mass is 10.3. The number of aromatic nitrogens is 3. The molecule has 92 valence electrons. The molecule has 6 heteroatoms. The fourth-order valence-corrected chi connectivity index (χ4v) is 1.45. The standard InChI is InChI=1S/C11H17N5O/c1-8-4-9(17-7-8)5-12-6-10-13-11(15-14-10)16(2)3/h4,7,12H,5-6H2,1-3H3,(H,13,14,15). The number of aromatic amines is 1. The van der Waals surface area contributed by atoms with Crippen molar-refractivity contribution in [1.29, 1.82) is 0 Å². The number of H-pyrrole nitrogens is 1. The summed E-state index contributed by atoms with van der Waals surface area (Å²) in [7, 11) is 3.82. The van der Waals surface area contributed by atoms with Gasteiger partial charge in [-0.25, -0.2) is 0 Å². The Morgan fingerprint density at radius 1 is 1.41 bits per heavy atom. The van der Waals surface area contributed by atoms with Crippen molar-refractivity contribution in [3.8, 4) is 0 Å². The van der Waals surface area contributed by atoms with E-state index in [1.807, 2.05) is 32.0 Å². The third-order valence-corrected chi connectivity index (χ3v) is 2.30. The van der Waals surface area contributed by atoms with Crippen LogP contribution in [0, 0.1) is 6.92 Å². The number of hydrogen-bond acceptors (Lipinski definition) is 5. The molecule has 0 atom stereocenters. The Morgan fingerprint density at radius 3 is 2.82 bits per heavy atom. The van der Waals surface area contributed by atoms with Crippen LogP contribution in [0.4, 0.5) is 5.95 Å². The van der Waals surface area contributed by atoms with Gasteiger partial charge in [0.25, 0.3) is 0 Å². The number of nitrogens with one attached hydrogen (secondary N) is 2. The Kier molecular flexibility index (Phi) is 3.43. The van der Waals surface area contributed by atoms with Gasteiger partial charge in [-0.15, -0.1) is 5.10 Å². The number of furan rings is 1. The molecule has 0 unspecified atom stereocenters. The zero-order chi connectivity index (χ0) is 12.3. The zero-order valence-electron chi connectivity index (χ0n) is 10.3. The molecule has 0 aliphatic rings. The summed E-state index contributed by atoms with van der Waals surface area (Å²) in [6.45, 7) is 3.33. The minimum Gasteiger partial charge on any atom is -0.468 e. The molecular formula is C11H17N5O. The van der Waals surface area contributed by atoms with E-state index in [9.17, 15) is 0 Å². The lowest BCUT2D eigenvalue weighted by molar-refractivity contribution is 0.480. The first-order valence-electron chi connectivity index (χ1n) is 5.48. The van der Waals surface area contributed by atoms with Crippen molar-refractivity contribution in [3.05, 3.63) is 29.5 Å². The molecule has 0 aromatic carbocycles. The fourth-order valence-electron chi connectivity index (χ4n) is 1.45. The second-order valence-electron chi connectivity index (χ2n) is 4.17. The second-order valence-corrected chi connectivity index (χ2v) is 4.17. The third-order valence-electron chi connectivity index (χ3n) is 2.30. The first kappa shape index (κ1) is 11.7. The zero-order valence-corrected chi connectivity index (χ0v) is 10.3. The summed E-state index contributed by atoms with van der Waals surface area (Å²) < 4.78 is 5.33. The van der Waals surface area contributed by atoms with Crippen LogP contribution in [0.2, 0.25) is 0 Å². The molecule has 0 saturated carbocycles. The molecule has 0 radical (unpaired) electrons. The molecule has 2 aromatic rings. The number of anilines is 1. The maximum Gasteiger partial charge on any atom is 0.244 e. The van der Waals surface area contributed by atoms with Gasteiger partial charge < -0.3 is 14.6 Å². The highest BCUT2D eigenvalue weighted by molar-refractivity contribution is 5.24. The lowest BCUT2D eigenvalue weighted by Gasteiger charge is -2.03. The van der Waals surface area contributed by atoms with E-state index in [0.717, 1.165) is 17.1 Å². The van der Waals surface area contributed by atoms with E-state index in [1.165, 1.54) is 0 Å². The van der Waals surface area contributed by atoms with Crippen LogP contribution >= 0.6 is 0 Å². The van der Waals surface area contributed by atoms with E-state index in [0.29, 0.717) is 19.0 Å². The summed E-state index contributed by atoms with van der Waals surface area (Å²) in [6.07, 6.45) is 1.75. The van der Waals surface area contributed by atoms with Crippen LogP contribution in [-0.4, -0.2) is 29.3 Å². The molecular weight excluding hydrogens is 218 g/mol. The monoisotopic (exact) mass is 235 g/mol. The summed E-state index contributed by atoms with van der Waals surface area (Å²) in [6, 6.07) is 2.01. The molecule has 6 nitrogen and oxygen atoms in total. The van der Waals surface area contributed by atoms with E-state index >= 15 is 0 Å². The molecule has 0 fully saturated rings. The molecule has 0 amide bonds. The lowest BCUT2D eigenvalue weighted by Crippen LogP contribution is -2.14. The minimum absolute atomic E-state index is 0.639. The van der Waals surface area contributed by atoms with Crippen molar-refractivity contribution >= 4 is 5.95 Å². The van der Waals surface area contributed by atoms with Gasteiger partial charge in [0.1, 0.15) is 11.6 Å². The highest BCUT2D eigenvalue weighted by Gasteiger charge is 2.04. The van der Waals surface area contributed by atoms with Gasteiger partial charge in [0, 0.05) is 14.1 Å². The molecule has 0 spiro atoms. The second kappa shape index (κ2) is 5.01. The molecule has 17 heavy (non-hydrogen) atoms. The van der Waals surface area contributed by atoms with Gasteiger partial charge in [0.05, 0.1) is 19.4 Å². The first-order chi connectivity index (χ1) is 8.15. The number of hydrogen-bond donors (Lipinski definition) is 2. The molecule has 2 rings (SSSR count). The topological polar surface area (TPSA) is 70.0 Å². The predicted molar refractivity (Wildman–Crippen MR) is 64.7 cm³/mol. The Hall–Kier alpha value is -1.82. The van der Waals surface area contributed by atoms with Crippen molar-refractivity contribution in [3.63, 3.8) is 0 Å². The van der Waals surface area contributed by atoms with Gasteiger partial charge in [0.15, 0.2) is 0 Å². The minimum atomic E-state index is 0.639. The van der Waals surface area contributed by atoms with Crippen molar-refractivity contribution < 1.29 is 4.42 Å². The molecule has 0 bridgehead atoms. The van der Waals surface area contributed by atoms with Gasteiger partial charge >= 0.3 is 0 Å². The normalized spacial score (nSPS) is 10.8. The Bertz CT molecular complexity index is 474. The smallest absolute Gasteiger partial charge is 0.244 e. The van der Waals surface area contributed by atoms with E-state index in [1.54, 1.807) is 6.26 Å². The van der Waals surface area contributed by atoms with E-state index < -0.39 is 0 Å². The largest absolute Gasteiger partial charge is 0.468 e. The molecule has 0 aliphatic carbocycles. The van der Waals surface area contributed by atoms with Crippen LogP contribution in [0.5, 0.6) is 0 Å². The maximum absolute atomic E-state index is 5.33. The quantitative estimate of drug-likeness (QED) is 0.811. The number of nitrogens with zero attached hydrogens (tertiary/aromatic N) is 3. The molecule has 2 heterocycles. The summed E-state index contributed by atoms with van der Waals surface area (Å²) >= 11 is 0. The Labute approximate surface area is 100 Å². The Balaban J connectivity index is 1.81. The van der Waals surface area contributed by atoms with Crippen LogP contribution in [0.1, 0.15) is 17.1 Å². The number of rotatable bonds is 5. The third kappa shape index (κ3) is 3.07. The van der Waals surface area contributed by atoms with Crippen LogP contribution in [0.25, 0.3) is 0 Å². The van der Waals surface area contributed by atoms with Crippen LogP contribution < -0.4 is 10.2 Å². The van der Waals surface area contributed by atoms with Gasteiger partial charge in [0.2, 0.25) is 5.95 Å². The highest BCUT2D eigenvalue weighted by atomic mass is 16.3. The van der Waals surface area contributed by atoms with Gasteiger partial charge in [-0.1, -0.05) is 0 Å². The molecule has 2 N–H and O–H groups in total. The summed E-state index contributed by atoms with van der Waals surface area (Å²) in [5.74, 6) is 2.43. The van der Waals surface area contributed by atoms with E-state index in [4.69, 9.17) is 4.42 Å². The van der Waals surface area contributed by atoms with Gasteiger partial charge in [-0.3, -0.25) is 5.10 Å². The average molecular weight is 235 g/mol. The van der Waals surface area contributed by atoms with Crippen molar-refractivity contribution in [2.75, 3.05) is 19.0 Å². The van der Waals surface area contributed by atoms with E-state index in [2.05, 4.69) is 20.5 Å². The van der Waals surface area contributed by atoms with Crippen molar-refractivity contribution in [2.24, 2.45) is 0 Å². The first-order valence-corrected chi connectivity index (χ1v) is 5.48. The van der Waals surface area contributed by atoms with Gasteiger partial charge in [-0.05, 0) is 18.6 Å². The van der Waals surface area contributed by atoms with Gasteiger partial charge in [-0.2, -0.15) is 4.98 Å². The summed E-state index contributed by atoms with van der Waals surface area (Å²) in [5.41, 5.74) is 1.14. The SMILES string of the molecule is Cc1coc(CNCc2nc(N(C)C)n[nH]2)c1. The molecule has 2 aromatic heterocycles. The maximum atomic E-state index is 5.33. The average Bonchev–Trinajstić information content (AvgIpc) is 2.88. The van der Waals surface area contributed by atoms with Crippen LogP contribution in [0.3, 0.4) is 0 Å². The predicted octanol–water partition coefficient (Wildman–Crippen LogP) is 1.06. The van der Waals surface area contributed by atoms with Crippen molar-refractivity contribution in [2.45, 2.75) is 20.0 Å². The van der Waals surface area contributed by atoms with Crippen LogP contribution in [0.15, 0.2) is 16.7 Å². The van der Waals surface area contributed by atoms with Crippen LogP contribution in [-0.2, 0) is 13.1 Å². The summed E-state index contributed by atoms with van der Waals surface area (Å²) in [4.78, 5) is 6.17. The number of aryl methyl sites for hydroxylation is 1. The fraction of sp³-hybridized carbons (Fsp3) is 0.455. The van der Waals surface area contributed by atoms with Crippen molar-refractivity contribution in [1.82, 2.24) is 20.5 Å². The molecule has 0 aliphatic heterocycles. The summed E-state index contributed by atoms with van der Waals surface area (Å²) in [5, 5.41) is 10.2. The Morgan fingerprint density at radius 2 is 2.24 bits per heavy atom. The highest BCUT2D eigenvalue weighted by Crippen LogP contribution is 2.06. The molecule has 0 saturated heterocycles. The van der Waals surface area contributed by atoms with E-state index in [-0.39, 0.29) is 0 Å².